The highest BCUT2D eigenvalue weighted by atomic mass is 79.9. The summed E-state index contributed by atoms with van der Waals surface area (Å²) in [5, 5.41) is 0. The molecule has 0 radical (unpaired) electrons. The van der Waals surface area contributed by atoms with Crippen molar-refractivity contribution in [3.05, 3.63) is 34.9 Å². The Labute approximate surface area is 82.7 Å². The van der Waals surface area contributed by atoms with Crippen LogP contribution in [0.5, 0.6) is 0 Å². The van der Waals surface area contributed by atoms with Gasteiger partial charge in [-0.05, 0) is 22.0 Å². The Morgan fingerprint density at radius 3 is 1.86 bits per heavy atom. The third kappa shape index (κ3) is 1.87. The molecular formula is C7HBrF6. The number of halogens is 7. The maximum atomic E-state index is 12.6. The number of hydrogen-bond acceptors (Lipinski definition) is 0. The van der Waals surface area contributed by atoms with Gasteiger partial charge in [-0.2, -0.15) is 8.78 Å². The molecule has 0 aromatic heterocycles. The fraction of sp³-hybridized carbons (Fsp3) is 0.143. The van der Waals surface area contributed by atoms with Crippen LogP contribution in [0, 0.1) is 23.3 Å². The summed E-state index contributed by atoms with van der Waals surface area (Å²) < 4.78 is 74.7. The maximum absolute atomic E-state index is 12.6. The van der Waals surface area contributed by atoms with E-state index in [1.54, 1.807) is 15.9 Å². The molecule has 0 aliphatic rings. The zero-order valence-electron chi connectivity index (χ0n) is 6.22. The summed E-state index contributed by atoms with van der Waals surface area (Å²) in [6, 6.07) is -0.109. The zero-order valence-corrected chi connectivity index (χ0v) is 7.81. The van der Waals surface area contributed by atoms with E-state index in [-0.39, 0.29) is 6.07 Å². The van der Waals surface area contributed by atoms with Crippen LogP contribution in [0.4, 0.5) is 26.3 Å². The molecule has 0 saturated carbocycles. The van der Waals surface area contributed by atoms with Gasteiger partial charge in [0.15, 0.2) is 23.3 Å². The van der Waals surface area contributed by atoms with Crippen LogP contribution in [0.1, 0.15) is 5.56 Å². The molecule has 0 nitrogen and oxygen atoms in total. The number of alkyl halides is 3. The van der Waals surface area contributed by atoms with Crippen molar-refractivity contribution in [3.63, 3.8) is 0 Å². The fourth-order valence-electron chi connectivity index (χ4n) is 0.779. The summed E-state index contributed by atoms with van der Waals surface area (Å²) in [7, 11) is 0. The molecule has 7 heteroatoms. The molecule has 0 N–H and O–H groups in total. The van der Waals surface area contributed by atoms with Crippen LogP contribution < -0.4 is 0 Å². The lowest BCUT2D eigenvalue weighted by atomic mass is 10.2. The van der Waals surface area contributed by atoms with Gasteiger partial charge < -0.3 is 0 Å². The van der Waals surface area contributed by atoms with Crippen molar-refractivity contribution < 1.29 is 26.3 Å². The molecule has 0 aliphatic heterocycles. The van der Waals surface area contributed by atoms with Crippen molar-refractivity contribution in [1.29, 1.82) is 0 Å². The molecule has 78 valence electrons. The minimum Gasteiger partial charge on any atom is -0.204 e. The molecule has 0 saturated heterocycles. The Hall–Kier alpha value is -0.720. The molecule has 0 atom stereocenters. The van der Waals surface area contributed by atoms with Gasteiger partial charge in [-0.1, -0.05) is 0 Å². The largest absolute Gasteiger partial charge is 0.329 e. The topological polar surface area (TPSA) is 0 Å². The molecule has 1 aromatic rings. The monoisotopic (exact) mass is 278 g/mol. The first-order chi connectivity index (χ1) is 6.25. The predicted molar refractivity (Wildman–Crippen MR) is 39.1 cm³/mol. The molecule has 0 unspecified atom stereocenters. The molecular weight excluding hydrogens is 278 g/mol. The summed E-state index contributed by atoms with van der Waals surface area (Å²) in [6.45, 7) is 0. The van der Waals surface area contributed by atoms with Crippen molar-refractivity contribution in [1.82, 2.24) is 0 Å². The minimum atomic E-state index is -3.95. The Morgan fingerprint density at radius 2 is 1.43 bits per heavy atom. The molecule has 0 aliphatic carbocycles. The van der Waals surface area contributed by atoms with Gasteiger partial charge in [0.25, 0.3) is 0 Å². The Bertz CT molecular complexity index is 369. The second-order valence-electron chi connectivity index (χ2n) is 2.35. The van der Waals surface area contributed by atoms with Gasteiger partial charge in [-0.3, -0.25) is 0 Å². The lowest BCUT2D eigenvalue weighted by Gasteiger charge is -2.10. The van der Waals surface area contributed by atoms with E-state index in [4.69, 9.17) is 0 Å². The molecule has 1 aromatic carbocycles. The van der Waals surface area contributed by atoms with Gasteiger partial charge in [-0.25, -0.2) is 17.6 Å². The van der Waals surface area contributed by atoms with Crippen molar-refractivity contribution in [2.24, 2.45) is 0 Å². The van der Waals surface area contributed by atoms with E-state index in [0.29, 0.717) is 0 Å². The van der Waals surface area contributed by atoms with Crippen LogP contribution in [0.15, 0.2) is 6.07 Å². The first-order valence-electron chi connectivity index (χ1n) is 3.15. The Balaban J connectivity index is 3.49. The standard InChI is InChI=1S/C7HBrF6/c8-7(13,14)2-1-3(9)5(11)6(12)4(2)10/h1H. The van der Waals surface area contributed by atoms with Crippen LogP contribution in [0.2, 0.25) is 0 Å². The van der Waals surface area contributed by atoms with E-state index in [1.165, 1.54) is 0 Å². The van der Waals surface area contributed by atoms with E-state index >= 15 is 0 Å². The molecule has 0 fully saturated rings. The highest BCUT2D eigenvalue weighted by Crippen LogP contribution is 2.37. The molecule has 1 rings (SSSR count). The molecule has 0 heterocycles. The molecule has 14 heavy (non-hydrogen) atoms. The van der Waals surface area contributed by atoms with Gasteiger partial charge in [0.05, 0.1) is 5.56 Å². The van der Waals surface area contributed by atoms with Crippen molar-refractivity contribution >= 4 is 15.9 Å². The van der Waals surface area contributed by atoms with E-state index in [0.717, 1.165) is 0 Å². The zero-order chi connectivity index (χ0) is 11.1. The third-order valence-corrected chi connectivity index (χ3v) is 1.84. The van der Waals surface area contributed by atoms with Gasteiger partial charge in [0.2, 0.25) is 0 Å². The van der Waals surface area contributed by atoms with Crippen molar-refractivity contribution in [2.45, 2.75) is 4.83 Å². The predicted octanol–water partition coefficient (Wildman–Crippen LogP) is 3.69. The maximum Gasteiger partial charge on any atom is 0.329 e. The smallest absolute Gasteiger partial charge is 0.204 e. The lowest BCUT2D eigenvalue weighted by molar-refractivity contribution is 0.107. The summed E-state index contributed by atoms with van der Waals surface area (Å²) in [6.07, 6.45) is 0. The molecule has 0 bridgehead atoms. The van der Waals surface area contributed by atoms with E-state index < -0.39 is 33.7 Å². The Morgan fingerprint density at radius 1 is 0.929 bits per heavy atom. The van der Waals surface area contributed by atoms with Crippen LogP contribution in [-0.2, 0) is 4.83 Å². The highest BCUT2D eigenvalue weighted by molar-refractivity contribution is 9.09. The Kier molecular flexibility index (Phi) is 2.80. The first-order valence-corrected chi connectivity index (χ1v) is 3.94. The third-order valence-electron chi connectivity index (χ3n) is 1.41. The second-order valence-corrected chi connectivity index (χ2v) is 3.34. The summed E-state index contributed by atoms with van der Waals surface area (Å²) in [4.78, 5) is -3.95. The van der Waals surface area contributed by atoms with E-state index in [9.17, 15) is 26.3 Å². The second kappa shape index (κ2) is 3.45. The van der Waals surface area contributed by atoms with Crippen LogP contribution in [0.3, 0.4) is 0 Å². The summed E-state index contributed by atoms with van der Waals surface area (Å²) in [5.41, 5.74) is -1.59. The highest BCUT2D eigenvalue weighted by Gasteiger charge is 2.34. The summed E-state index contributed by atoms with van der Waals surface area (Å²) >= 11 is 1.70. The van der Waals surface area contributed by atoms with Gasteiger partial charge in [0.1, 0.15) is 0 Å². The minimum absolute atomic E-state index is 0.109. The molecule has 0 spiro atoms. The quantitative estimate of drug-likeness (QED) is 0.318. The summed E-state index contributed by atoms with van der Waals surface area (Å²) in [5.74, 6) is -8.38. The number of rotatable bonds is 1. The average molecular weight is 279 g/mol. The number of benzene rings is 1. The first kappa shape index (κ1) is 11.4. The molecule has 0 amide bonds. The normalized spacial score (nSPS) is 11.9. The van der Waals surface area contributed by atoms with Gasteiger partial charge >= 0.3 is 4.83 Å². The van der Waals surface area contributed by atoms with Crippen LogP contribution >= 0.6 is 15.9 Å². The fourth-order valence-corrected chi connectivity index (χ4v) is 1.07. The van der Waals surface area contributed by atoms with Crippen molar-refractivity contribution in [2.75, 3.05) is 0 Å². The lowest BCUT2D eigenvalue weighted by Crippen LogP contribution is -2.10. The number of hydrogen-bond donors (Lipinski definition) is 0. The van der Waals surface area contributed by atoms with Crippen LogP contribution in [0.25, 0.3) is 0 Å². The SMILES string of the molecule is Fc1cc(C(F)(F)Br)c(F)c(F)c1F. The van der Waals surface area contributed by atoms with E-state index in [2.05, 4.69) is 0 Å². The van der Waals surface area contributed by atoms with Crippen molar-refractivity contribution in [3.8, 4) is 0 Å². The average Bonchev–Trinajstić information content (AvgIpc) is 2.06. The van der Waals surface area contributed by atoms with Gasteiger partial charge in [0, 0.05) is 0 Å². The van der Waals surface area contributed by atoms with Gasteiger partial charge in [-0.15, -0.1) is 0 Å². The van der Waals surface area contributed by atoms with E-state index in [1.807, 2.05) is 0 Å². The van der Waals surface area contributed by atoms with Crippen LogP contribution in [-0.4, -0.2) is 0 Å².